The number of carbonyl (C=O) groups excluding carboxylic acids is 2. The van der Waals surface area contributed by atoms with Crippen LogP contribution in [0, 0.1) is 6.33 Å². The van der Waals surface area contributed by atoms with Crippen molar-refractivity contribution in [1.82, 2.24) is 15.0 Å². The molecule has 0 bridgehead atoms. The zero-order valence-corrected chi connectivity index (χ0v) is 25.7. The van der Waals surface area contributed by atoms with Gasteiger partial charge in [-0.3, -0.25) is 14.6 Å². The summed E-state index contributed by atoms with van der Waals surface area (Å²) in [5, 5.41) is 24.4. The number of nitrogens with two attached hydrogens (primary N) is 2. The van der Waals surface area contributed by atoms with Crippen LogP contribution in [0.4, 0.5) is 17.3 Å². The SMILES string of the molecule is COCCCNc1n[c-]nc(Oc2ccc(-c3cc(N)c4c(c3O)C(=O)c3c(N)ccc(O)c3C4=O)cc2)n1.[B]C.[Y]. The van der Waals surface area contributed by atoms with Crippen molar-refractivity contribution in [3.8, 4) is 34.4 Å². The molecule has 0 aliphatic heterocycles. The fourth-order valence-electron chi connectivity index (χ4n) is 4.32. The van der Waals surface area contributed by atoms with Crippen molar-refractivity contribution in [3.05, 3.63) is 71.0 Å². The monoisotopic (exact) mass is 642 g/mol. The van der Waals surface area contributed by atoms with Crippen molar-refractivity contribution in [2.24, 2.45) is 0 Å². The number of benzene rings is 3. The summed E-state index contributed by atoms with van der Waals surface area (Å²) in [5.41, 5.74) is 11.9. The van der Waals surface area contributed by atoms with Gasteiger partial charge in [-0.25, -0.2) is 0 Å². The molecule has 42 heavy (non-hydrogen) atoms. The van der Waals surface area contributed by atoms with E-state index < -0.39 is 23.1 Å². The topological polar surface area (TPSA) is 196 Å². The molecule has 0 saturated carbocycles. The fourth-order valence-corrected chi connectivity index (χ4v) is 4.32. The van der Waals surface area contributed by atoms with E-state index in [-0.39, 0.29) is 77.9 Å². The Morgan fingerprint density at radius 1 is 0.929 bits per heavy atom. The van der Waals surface area contributed by atoms with E-state index in [2.05, 4.69) is 34.4 Å². The van der Waals surface area contributed by atoms with Crippen molar-refractivity contribution >= 4 is 36.7 Å². The maximum Gasteiger partial charge on any atom is 0.206 e. The Bertz CT molecular complexity index is 1620. The van der Waals surface area contributed by atoms with E-state index in [0.717, 1.165) is 6.42 Å². The first-order valence-corrected chi connectivity index (χ1v) is 12.4. The molecule has 1 heterocycles. The first-order chi connectivity index (χ1) is 19.8. The summed E-state index contributed by atoms with van der Waals surface area (Å²) < 4.78 is 10.7. The minimum Gasteiger partial charge on any atom is -0.507 e. The van der Waals surface area contributed by atoms with E-state index in [1.165, 1.54) is 25.0 Å². The number of hydrogen-bond acceptors (Lipinski definition) is 12. The molecule has 0 amide bonds. The second kappa shape index (κ2) is 14.2. The maximum absolute atomic E-state index is 13.4. The number of nitrogens with zero attached hydrogens (tertiary/aromatic N) is 3. The number of anilines is 3. The molecule has 1 aliphatic carbocycles. The summed E-state index contributed by atoms with van der Waals surface area (Å²) in [6.07, 6.45) is 3.25. The minimum absolute atomic E-state index is 0. The fraction of sp³-hybridized carbons (Fsp3) is 0.179. The minimum atomic E-state index is -0.711. The average molecular weight is 642 g/mol. The van der Waals surface area contributed by atoms with E-state index in [0.29, 0.717) is 30.4 Å². The summed E-state index contributed by atoms with van der Waals surface area (Å²) in [4.78, 5) is 38.5. The third-order valence-corrected chi connectivity index (χ3v) is 6.14. The normalized spacial score (nSPS) is 11.4. The summed E-state index contributed by atoms with van der Waals surface area (Å²) >= 11 is 0. The van der Waals surface area contributed by atoms with Crippen molar-refractivity contribution in [2.45, 2.75) is 13.2 Å². The number of ether oxygens (including phenoxy) is 2. The van der Waals surface area contributed by atoms with Gasteiger partial charge in [0.05, 0.1) is 30.1 Å². The number of ketones is 2. The standard InChI is InChI=1S/C27H23N6O6.CH3B.Y/c1-38-10-2-9-30-26-31-12-32-27(33-26)39-14-5-3-13(4-6-14)15-11-17(29)20-22(23(15)35)25(37)19-16(28)7-8-18(34)21(19)24(20)36;1-2;/h3-8,11,34-35H,2,9-10,28-29H2,1H3,(H,30,31,32,33);1H3;/q-1;;. The second-order valence-corrected chi connectivity index (χ2v) is 8.64. The van der Waals surface area contributed by atoms with Gasteiger partial charge < -0.3 is 46.4 Å². The number of aromatic nitrogens is 3. The first kappa shape index (κ1) is 32.5. The van der Waals surface area contributed by atoms with E-state index >= 15 is 0 Å². The van der Waals surface area contributed by atoms with Crippen LogP contribution in [0.5, 0.6) is 23.3 Å². The van der Waals surface area contributed by atoms with Gasteiger partial charge in [0.2, 0.25) is 17.6 Å². The molecule has 0 saturated heterocycles. The molecule has 211 valence electrons. The van der Waals surface area contributed by atoms with Crippen molar-refractivity contribution in [3.63, 3.8) is 0 Å². The Kier molecular flexibility index (Phi) is 11.0. The molecule has 1 aromatic heterocycles. The van der Waals surface area contributed by atoms with Crippen LogP contribution < -0.4 is 21.5 Å². The van der Waals surface area contributed by atoms with Gasteiger partial charge in [-0.1, -0.05) is 19.0 Å². The van der Waals surface area contributed by atoms with Gasteiger partial charge in [-0.05, 0) is 42.3 Å². The number of aromatic hydroxyl groups is 2. The number of carbonyl (C=O) groups is 2. The summed E-state index contributed by atoms with van der Waals surface area (Å²) in [6, 6.07) is 10.5. The molecule has 1 aliphatic rings. The Labute approximate surface area is 268 Å². The van der Waals surface area contributed by atoms with Gasteiger partial charge in [-0.2, -0.15) is 0 Å². The number of rotatable bonds is 8. The predicted molar refractivity (Wildman–Crippen MR) is 153 cm³/mol. The quantitative estimate of drug-likeness (QED) is 0.0546. The van der Waals surface area contributed by atoms with Crippen LogP contribution in [0.15, 0.2) is 42.5 Å². The molecule has 12 nitrogen and oxygen atoms in total. The predicted octanol–water partition coefficient (Wildman–Crippen LogP) is 3.13. The van der Waals surface area contributed by atoms with Crippen LogP contribution in [0.1, 0.15) is 38.3 Å². The number of phenols is 2. The zero-order chi connectivity index (χ0) is 29.7. The van der Waals surface area contributed by atoms with Crippen LogP contribution in [0.2, 0.25) is 6.82 Å². The Balaban J connectivity index is 0.00000158. The van der Waals surface area contributed by atoms with E-state index in [4.69, 9.17) is 20.9 Å². The van der Waals surface area contributed by atoms with Crippen molar-refractivity contribution < 1.29 is 62.0 Å². The van der Waals surface area contributed by atoms with E-state index in [1.807, 2.05) is 0 Å². The summed E-state index contributed by atoms with van der Waals surface area (Å²) in [7, 11) is 6.12. The Morgan fingerprint density at radius 3 is 2.29 bits per heavy atom. The molecule has 4 aromatic rings. The first-order valence-electron chi connectivity index (χ1n) is 12.4. The molecular formula is C28H26BN6O6Y-. The second-order valence-electron chi connectivity index (χ2n) is 8.64. The molecule has 3 radical (unpaired) electrons. The van der Waals surface area contributed by atoms with Crippen molar-refractivity contribution in [1.29, 1.82) is 0 Å². The molecule has 0 spiro atoms. The van der Waals surface area contributed by atoms with Crippen LogP contribution in [0.3, 0.4) is 0 Å². The third-order valence-electron chi connectivity index (χ3n) is 6.14. The number of nitrogen functional groups attached to an aromatic ring is 2. The molecule has 5 rings (SSSR count). The molecule has 0 fully saturated rings. The Hall–Kier alpha value is -4.06. The molecule has 0 atom stereocenters. The van der Waals surface area contributed by atoms with Gasteiger partial charge in [0.15, 0.2) is 0 Å². The van der Waals surface area contributed by atoms with Crippen molar-refractivity contribution in [2.75, 3.05) is 37.0 Å². The van der Waals surface area contributed by atoms with Gasteiger partial charge in [0, 0.05) is 76.2 Å². The zero-order valence-electron chi connectivity index (χ0n) is 22.8. The number of fused-ring (bicyclic) bond motifs is 2. The maximum atomic E-state index is 13.4. The van der Waals surface area contributed by atoms with Gasteiger partial charge >= 0.3 is 0 Å². The third kappa shape index (κ3) is 6.38. The number of methoxy groups -OCH3 is 1. The van der Waals surface area contributed by atoms with Crippen LogP contribution in [-0.4, -0.2) is 64.8 Å². The molecule has 7 N–H and O–H groups in total. The smallest absolute Gasteiger partial charge is 0.206 e. The number of hydrogen-bond donors (Lipinski definition) is 5. The van der Waals surface area contributed by atoms with Crippen LogP contribution in [0.25, 0.3) is 11.1 Å². The largest absolute Gasteiger partial charge is 0.507 e. The molecule has 0 unspecified atom stereocenters. The molecular weight excluding hydrogens is 616 g/mol. The van der Waals surface area contributed by atoms with E-state index in [1.54, 1.807) is 31.4 Å². The molecule has 3 aromatic carbocycles. The van der Waals surface area contributed by atoms with Gasteiger partial charge in [-0.15, -0.1) is 0 Å². The van der Waals surface area contributed by atoms with Crippen LogP contribution in [-0.2, 0) is 37.4 Å². The Morgan fingerprint density at radius 2 is 1.60 bits per heavy atom. The molecule has 14 heteroatoms. The number of nitrogens with one attached hydrogen (secondary N) is 1. The van der Waals surface area contributed by atoms with E-state index in [9.17, 15) is 19.8 Å². The summed E-state index contributed by atoms with van der Waals surface area (Å²) in [5.74, 6) is -1.55. The number of phenolic OH excluding ortho intramolecular Hbond substituents is 2. The summed E-state index contributed by atoms with van der Waals surface area (Å²) in [6.45, 7) is 2.69. The van der Waals surface area contributed by atoms with Crippen LogP contribution >= 0.6 is 0 Å². The van der Waals surface area contributed by atoms with Gasteiger partial charge in [0.25, 0.3) is 0 Å². The average Bonchev–Trinajstić information content (AvgIpc) is 2.98. The van der Waals surface area contributed by atoms with Gasteiger partial charge in [0.1, 0.15) is 23.2 Å².